The number of aromatic amines is 1. The molecule has 0 aliphatic heterocycles. The molecule has 1 aromatic carbocycles. The molecule has 0 fully saturated rings. The number of hydrogen-bond donors (Lipinski definition) is 2. The summed E-state index contributed by atoms with van der Waals surface area (Å²) in [6, 6.07) is 6.24. The van der Waals surface area contributed by atoms with Gasteiger partial charge >= 0.3 is 11.7 Å². The van der Waals surface area contributed by atoms with Gasteiger partial charge < -0.3 is 14.8 Å². The fraction of sp³-hybridized carbons (Fsp3) is 0.0833. The molecule has 0 saturated heterocycles. The van der Waals surface area contributed by atoms with Crippen LogP contribution >= 0.6 is 0 Å². The summed E-state index contributed by atoms with van der Waals surface area (Å²) in [6.07, 6.45) is 1.26. The molecule has 0 aliphatic rings. The third-order valence-electron chi connectivity index (χ3n) is 2.30. The van der Waals surface area contributed by atoms with Gasteiger partial charge in [0.25, 0.3) is 0 Å². The number of nitrogens with one attached hydrogen (secondary N) is 1. The van der Waals surface area contributed by atoms with E-state index in [0.29, 0.717) is 11.4 Å². The molecule has 0 radical (unpaired) electrons. The van der Waals surface area contributed by atoms with E-state index in [9.17, 15) is 9.59 Å². The summed E-state index contributed by atoms with van der Waals surface area (Å²) < 4.78 is 5.44. The topological polar surface area (TPSA) is 92.3 Å². The molecule has 1 heterocycles. The number of hydrogen-bond acceptors (Lipinski definition) is 4. The van der Waals surface area contributed by atoms with Crippen molar-refractivity contribution in [3.8, 4) is 11.5 Å². The third kappa shape index (κ3) is 2.37. The normalized spacial score (nSPS) is 10.1. The zero-order chi connectivity index (χ0) is 13.1. The first kappa shape index (κ1) is 11.8. The number of rotatable bonds is 3. The van der Waals surface area contributed by atoms with Gasteiger partial charge in [0, 0.05) is 0 Å². The number of nitrogens with zero attached hydrogens (tertiary/aromatic N) is 1. The molecule has 2 N–H and O–H groups in total. The predicted molar refractivity (Wildman–Crippen MR) is 63.1 cm³/mol. The van der Waals surface area contributed by atoms with Crippen LogP contribution in [0.15, 0.2) is 35.3 Å². The standard InChI is InChI=1S/C12H10N2O4/c1-7-10(6-13-12(17)14-7)18-9-5-3-2-4-8(9)11(15)16/h2-6H,1H3,(H,15,16)(H,13,14,17). The number of carbonyl (C=O) groups is 1. The first-order valence-corrected chi connectivity index (χ1v) is 5.14. The molecular weight excluding hydrogens is 236 g/mol. The lowest BCUT2D eigenvalue weighted by molar-refractivity contribution is 0.0694. The Morgan fingerprint density at radius 3 is 2.72 bits per heavy atom. The van der Waals surface area contributed by atoms with Gasteiger partial charge in [-0.15, -0.1) is 0 Å². The lowest BCUT2D eigenvalue weighted by Crippen LogP contribution is -2.11. The second kappa shape index (κ2) is 4.70. The van der Waals surface area contributed by atoms with Crippen molar-refractivity contribution < 1.29 is 14.6 Å². The Morgan fingerprint density at radius 2 is 2.06 bits per heavy atom. The van der Waals surface area contributed by atoms with Crippen molar-refractivity contribution in [1.29, 1.82) is 0 Å². The van der Waals surface area contributed by atoms with Crippen molar-refractivity contribution in [1.82, 2.24) is 9.97 Å². The molecule has 6 heteroatoms. The van der Waals surface area contributed by atoms with Gasteiger partial charge in [0.15, 0.2) is 5.75 Å². The predicted octanol–water partition coefficient (Wildman–Crippen LogP) is 1.57. The average Bonchev–Trinajstić information content (AvgIpc) is 2.33. The van der Waals surface area contributed by atoms with Crippen LogP contribution in [-0.4, -0.2) is 21.0 Å². The molecule has 1 aromatic heterocycles. The molecule has 0 atom stereocenters. The number of ether oxygens (including phenoxy) is 1. The van der Waals surface area contributed by atoms with Gasteiger partial charge in [0.05, 0.1) is 11.9 Å². The Bertz CT molecular complexity index is 649. The summed E-state index contributed by atoms with van der Waals surface area (Å²) in [5.41, 5.74) is 0.0460. The molecule has 2 aromatic rings. The van der Waals surface area contributed by atoms with E-state index in [1.165, 1.54) is 18.3 Å². The summed E-state index contributed by atoms with van der Waals surface area (Å²) in [6.45, 7) is 1.64. The van der Waals surface area contributed by atoms with Gasteiger partial charge in [-0.25, -0.2) is 9.59 Å². The minimum Gasteiger partial charge on any atom is -0.478 e. The summed E-state index contributed by atoms with van der Waals surface area (Å²) in [4.78, 5) is 27.9. The maximum Gasteiger partial charge on any atom is 0.345 e. The highest BCUT2D eigenvalue weighted by Gasteiger charge is 2.12. The van der Waals surface area contributed by atoms with E-state index in [1.807, 2.05) is 0 Å². The molecule has 0 amide bonds. The minimum absolute atomic E-state index is 0.0445. The van der Waals surface area contributed by atoms with Crippen LogP contribution in [0.3, 0.4) is 0 Å². The summed E-state index contributed by atoms with van der Waals surface area (Å²) >= 11 is 0. The van der Waals surface area contributed by atoms with E-state index in [-0.39, 0.29) is 11.3 Å². The SMILES string of the molecule is Cc1[nH]c(=O)ncc1Oc1ccccc1C(=O)O. The van der Waals surface area contributed by atoms with E-state index in [4.69, 9.17) is 9.84 Å². The first-order valence-electron chi connectivity index (χ1n) is 5.14. The van der Waals surface area contributed by atoms with Gasteiger partial charge in [0.2, 0.25) is 0 Å². The highest BCUT2D eigenvalue weighted by Crippen LogP contribution is 2.25. The van der Waals surface area contributed by atoms with Crippen LogP contribution in [-0.2, 0) is 0 Å². The number of aromatic carboxylic acids is 1. The number of carboxylic acids is 1. The lowest BCUT2D eigenvalue weighted by atomic mass is 10.2. The quantitative estimate of drug-likeness (QED) is 0.857. The molecule has 92 valence electrons. The largest absolute Gasteiger partial charge is 0.478 e. The van der Waals surface area contributed by atoms with E-state index < -0.39 is 11.7 Å². The molecule has 0 aliphatic carbocycles. The number of benzene rings is 1. The van der Waals surface area contributed by atoms with Crippen molar-refractivity contribution >= 4 is 5.97 Å². The summed E-state index contributed by atoms with van der Waals surface area (Å²) in [5, 5.41) is 9.00. The molecule has 2 rings (SSSR count). The molecule has 0 bridgehead atoms. The Labute approximate surface area is 102 Å². The van der Waals surface area contributed by atoms with E-state index in [2.05, 4.69) is 9.97 Å². The molecule has 0 saturated carbocycles. The zero-order valence-corrected chi connectivity index (χ0v) is 9.51. The second-order valence-electron chi connectivity index (χ2n) is 3.58. The van der Waals surface area contributed by atoms with Crippen molar-refractivity contribution in [2.45, 2.75) is 6.92 Å². The highest BCUT2D eigenvalue weighted by atomic mass is 16.5. The lowest BCUT2D eigenvalue weighted by Gasteiger charge is -2.09. The van der Waals surface area contributed by atoms with Crippen LogP contribution in [0.5, 0.6) is 11.5 Å². The first-order chi connectivity index (χ1) is 8.58. The van der Waals surface area contributed by atoms with Crippen molar-refractivity contribution in [3.63, 3.8) is 0 Å². The fourth-order valence-corrected chi connectivity index (χ4v) is 1.42. The summed E-state index contributed by atoms with van der Waals surface area (Å²) in [5.74, 6) is -0.578. The van der Waals surface area contributed by atoms with E-state index in [0.717, 1.165) is 0 Å². The molecule has 6 nitrogen and oxygen atoms in total. The van der Waals surface area contributed by atoms with E-state index in [1.54, 1.807) is 19.1 Å². The number of carboxylic acid groups (broad SMARTS) is 1. The van der Waals surface area contributed by atoms with Crippen LogP contribution in [0, 0.1) is 6.92 Å². The third-order valence-corrected chi connectivity index (χ3v) is 2.30. The van der Waals surface area contributed by atoms with Crippen molar-refractivity contribution in [2.75, 3.05) is 0 Å². The minimum atomic E-state index is -1.08. The molecule has 18 heavy (non-hydrogen) atoms. The van der Waals surface area contributed by atoms with Gasteiger partial charge in [0.1, 0.15) is 11.3 Å². The average molecular weight is 246 g/mol. The summed E-state index contributed by atoms with van der Waals surface area (Å²) in [7, 11) is 0. The maximum absolute atomic E-state index is 11.0. The number of aryl methyl sites for hydroxylation is 1. The Balaban J connectivity index is 2.40. The number of para-hydroxylation sites is 1. The Kier molecular flexibility index (Phi) is 3.09. The fourth-order valence-electron chi connectivity index (χ4n) is 1.42. The molecule has 0 unspecified atom stereocenters. The van der Waals surface area contributed by atoms with E-state index >= 15 is 0 Å². The van der Waals surface area contributed by atoms with Crippen LogP contribution < -0.4 is 10.4 Å². The monoisotopic (exact) mass is 246 g/mol. The smallest absolute Gasteiger partial charge is 0.345 e. The van der Waals surface area contributed by atoms with Gasteiger partial charge in [-0.3, -0.25) is 0 Å². The molecule has 0 spiro atoms. The highest BCUT2D eigenvalue weighted by molar-refractivity contribution is 5.90. The zero-order valence-electron chi connectivity index (χ0n) is 9.51. The van der Waals surface area contributed by atoms with Crippen molar-refractivity contribution in [2.24, 2.45) is 0 Å². The van der Waals surface area contributed by atoms with Gasteiger partial charge in [-0.05, 0) is 19.1 Å². The van der Waals surface area contributed by atoms with Gasteiger partial charge in [-0.1, -0.05) is 12.1 Å². The second-order valence-corrected chi connectivity index (χ2v) is 3.58. The van der Waals surface area contributed by atoms with Gasteiger partial charge in [-0.2, -0.15) is 4.98 Å². The number of H-pyrrole nitrogens is 1. The maximum atomic E-state index is 11.0. The van der Waals surface area contributed by atoms with Crippen molar-refractivity contribution in [3.05, 3.63) is 52.2 Å². The molecular formula is C12H10N2O4. The Hall–Kier alpha value is -2.63. The van der Waals surface area contributed by atoms with Crippen LogP contribution in [0.4, 0.5) is 0 Å². The Morgan fingerprint density at radius 1 is 1.33 bits per heavy atom. The van der Waals surface area contributed by atoms with Crippen LogP contribution in [0.1, 0.15) is 16.1 Å². The van der Waals surface area contributed by atoms with Crippen LogP contribution in [0.25, 0.3) is 0 Å². The van der Waals surface area contributed by atoms with Crippen LogP contribution in [0.2, 0.25) is 0 Å². The number of aromatic nitrogens is 2.